The highest BCUT2D eigenvalue weighted by Gasteiger charge is 2.29. The molecule has 0 saturated heterocycles. The first-order valence-corrected chi connectivity index (χ1v) is 9.56. The maximum Gasteiger partial charge on any atom is 0.410 e. The number of carbonyl (C=O) groups is 3. The highest BCUT2D eigenvalue weighted by molar-refractivity contribution is 5.85. The molecule has 0 aromatic heterocycles. The van der Waals surface area contributed by atoms with Crippen molar-refractivity contribution in [2.45, 2.75) is 51.7 Å². The number of hydrogen-bond acceptors (Lipinski definition) is 5. The molecule has 7 heteroatoms. The molecule has 2 amide bonds. The average Bonchev–Trinajstić information content (AvgIpc) is 2.66. The molecule has 0 N–H and O–H groups in total. The van der Waals surface area contributed by atoms with Crippen molar-refractivity contribution in [3.63, 3.8) is 0 Å². The highest BCUT2D eigenvalue weighted by Crippen LogP contribution is 2.17. The summed E-state index contributed by atoms with van der Waals surface area (Å²) in [5.41, 5.74) is 1.17. The van der Waals surface area contributed by atoms with Crippen molar-refractivity contribution in [1.82, 2.24) is 9.80 Å². The van der Waals surface area contributed by atoms with Gasteiger partial charge in [-0.15, -0.1) is 0 Å². The lowest BCUT2D eigenvalue weighted by Crippen LogP contribution is -2.49. The fraction of sp³-hybridized carbons (Fsp3) is 0.571. The van der Waals surface area contributed by atoms with Crippen LogP contribution in [0, 0.1) is 5.92 Å². The number of aliphatic carboxylic acids is 1. The average molecular weight is 391 g/mol. The van der Waals surface area contributed by atoms with Gasteiger partial charge in [-0.1, -0.05) is 44.2 Å². The first-order valence-electron chi connectivity index (χ1n) is 9.56. The maximum atomic E-state index is 12.4. The van der Waals surface area contributed by atoms with Gasteiger partial charge in [0.05, 0.1) is 5.97 Å². The third kappa shape index (κ3) is 7.21. The fourth-order valence-corrected chi connectivity index (χ4v) is 2.98. The molecular weight excluding hydrogens is 360 g/mol. The summed E-state index contributed by atoms with van der Waals surface area (Å²) >= 11 is 0. The minimum absolute atomic E-state index is 0.0200. The zero-order chi connectivity index (χ0) is 21.3. The van der Waals surface area contributed by atoms with Gasteiger partial charge in [0, 0.05) is 21.1 Å². The fourth-order valence-electron chi connectivity index (χ4n) is 2.98. The van der Waals surface area contributed by atoms with Crippen molar-refractivity contribution in [3.8, 4) is 0 Å². The van der Waals surface area contributed by atoms with Crippen LogP contribution in [0.3, 0.4) is 0 Å². The van der Waals surface area contributed by atoms with Crippen LogP contribution in [0.5, 0.6) is 0 Å². The number of benzene rings is 1. The molecule has 0 spiro atoms. The third-order valence-electron chi connectivity index (χ3n) is 4.76. The van der Waals surface area contributed by atoms with Crippen LogP contribution in [0.25, 0.3) is 0 Å². The van der Waals surface area contributed by atoms with E-state index in [-0.39, 0.29) is 18.2 Å². The van der Waals surface area contributed by atoms with Crippen LogP contribution in [0.4, 0.5) is 4.79 Å². The number of likely N-dealkylation sites (N-methyl/N-ethyl adjacent to an activating group) is 2. The third-order valence-corrected chi connectivity index (χ3v) is 4.76. The lowest BCUT2D eigenvalue weighted by Gasteiger charge is -2.30. The molecule has 1 aromatic carbocycles. The molecule has 0 aliphatic heterocycles. The molecule has 0 heterocycles. The first-order chi connectivity index (χ1) is 13.2. The Hall–Kier alpha value is -2.57. The number of ether oxygens (including phenoxy) is 1. The Morgan fingerprint density at radius 1 is 1.11 bits per heavy atom. The Kier molecular flexibility index (Phi) is 9.48. The van der Waals surface area contributed by atoms with Gasteiger partial charge < -0.3 is 19.5 Å². The van der Waals surface area contributed by atoms with E-state index in [0.29, 0.717) is 6.42 Å². The van der Waals surface area contributed by atoms with E-state index in [9.17, 15) is 19.5 Å². The van der Waals surface area contributed by atoms with Gasteiger partial charge in [0.15, 0.2) is 0 Å². The predicted octanol–water partition coefficient (Wildman–Crippen LogP) is 1.70. The molecule has 0 aliphatic rings. The summed E-state index contributed by atoms with van der Waals surface area (Å²) in [6.07, 6.45) is -0.0682. The Morgan fingerprint density at radius 3 is 2.21 bits per heavy atom. The molecule has 7 nitrogen and oxygen atoms in total. The summed E-state index contributed by atoms with van der Waals surface area (Å²) in [6.45, 7) is 3.69. The van der Waals surface area contributed by atoms with E-state index >= 15 is 0 Å². The van der Waals surface area contributed by atoms with Crippen LogP contribution in [-0.4, -0.2) is 61.1 Å². The molecule has 1 aromatic rings. The minimum atomic E-state index is -1.43. The molecule has 28 heavy (non-hydrogen) atoms. The van der Waals surface area contributed by atoms with Gasteiger partial charge in [-0.05, 0) is 37.2 Å². The molecule has 0 fully saturated rings. The number of carbonyl (C=O) groups excluding carboxylic acids is 3. The normalized spacial score (nSPS) is 13.9. The number of carboxylic acids is 1. The molecule has 0 bridgehead atoms. The summed E-state index contributed by atoms with van der Waals surface area (Å²) in [5.74, 6) is -1.66. The largest absolute Gasteiger partial charge is 0.546 e. The number of aryl methyl sites for hydroxylation is 1. The molecular formula is C21H31N2O5-. The van der Waals surface area contributed by atoms with Crippen molar-refractivity contribution in [3.05, 3.63) is 35.9 Å². The van der Waals surface area contributed by atoms with Crippen molar-refractivity contribution in [2.75, 3.05) is 21.1 Å². The second-order valence-electron chi connectivity index (χ2n) is 7.32. The second kappa shape index (κ2) is 11.3. The lowest BCUT2D eigenvalue weighted by molar-refractivity contribution is -0.315. The summed E-state index contributed by atoms with van der Waals surface area (Å²) in [6, 6.07) is 9.19. The number of carboxylic acid groups (broad SMARTS) is 1. The van der Waals surface area contributed by atoms with E-state index in [2.05, 4.69) is 0 Å². The van der Waals surface area contributed by atoms with Crippen LogP contribution in [0.1, 0.15) is 38.7 Å². The smallest absolute Gasteiger partial charge is 0.410 e. The van der Waals surface area contributed by atoms with Crippen molar-refractivity contribution < 1.29 is 24.2 Å². The van der Waals surface area contributed by atoms with Crippen molar-refractivity contribution in [2.24, 2.45) is 5.92 Å². The highest BCUT2D eigenvalue weighted by atomic mass is 16.6. The molecule has 0 aliphatic carbocycles. The van der Waals surface area contributed by atoms with E-state index in [1.165, 1.54) is 17.5 Å². The van der Waals surface area contributed by atoms with Gasteiger partial charge in [0.25, 0.3) is 0 Å². The lowest BCUT2D eigenvalue weighted by atomic mass is 9.95. The molecule has 3 unspecified atom stereocenters. The SMILES string of the molecule is CCC(C(=O)N(C)C)N(C)C(=O)OC(CC(C)CCc1ccccc1)C(=O)[O-]. The van der Waals surface area contributed by atoms with Crippen LogP contribution in [0.15, 0.2) is 30.3 Å². The number of amides is 2. The van der Waals surface area contributed by atoms with Gasteiger partial charge in [-0.25, -0.2) is 4.79 Å². The van der Waals surface area contributed by atoms with Crippen LogP contribution < -0.4 is 5.11 Å². The second-order valence-corrected chi connectivity index (χ2v) is 7.32. The van der Waals surface area contributed by atoms with Gasteiger partial charge in [0.2, 0.25) is 5.91 Å². The topological polar surface area (TPSA) is 90.0 Å². The summed E-state index contributed by atoms with van der Waals surface area (Å²) in [5, 5.41) is 11.5. The van der Waals surface area contributed by atoms with Gasteiger partial charge in [-0.3, -0.25) is 9.69 Å². The van der Waals surface area contributed by atoms with E-state index in [1.54, 1.807) is 21.0 Å². The quantitative estimate of drug-likeness (QED) is 0.606. The molecule has 156 valence electrons. The van der Waals surface area contributed by atoms with Gasteiger partial charge in [-0.2, -0.15) is 0 Å². The Labute approximate surface area is 167 Å². The van der Waals surface area contributed by atoms with Crippen LogP contribution in [0.2, 0.25) is 0 Å². The Balaban J connectivity index is 2.66. The van der Waals surface area contributed by atoms with Crippen molar-refractivity contribution in [1.29, 1.82) is 0 Å². The van der Waals surface area contributed by atoms with Crippen molar-refractivity contribution >= 4 is 18.0 Å². The summed E-state index contributed by atoms with van der Waals surface area (Å²) in [7, 11) is 4.63. The zero-order valence-electron chi connectivity index (χ0n) is 17.4. The maximum absolute atomic E-state index is 12.4. The van der Waals surface area contributed by atoms with Gasteiger partial charge in [0.1, 0.15) is 12.1 Å². The molecule has 3 atom stereocenters. The van der Waals surface area contributed by atoms with E-state index < -0.39 is 24.2 Å². The molecule has 0 saturated carbocycles. The van der Waals surface area contributed by atoms with E-state index in [1.807, 2.05) is 37.3 Å². The Bertz CT molecular complexity index is 647. The number of nitrogens with zero attached hydrogens (tertiary/aromatic N) is 2. The summed E-state index contributed by atoms with van der Waals surface area (Å²) < 4.78 is 5.16. The predicted molar refractivity (Wildman–Crippen MR) is 104 cm³/mol. The van der Waals surface area contributed by atoms with Crippen LogP contribution in [-0.2, 0) is 20.7 Å². The zero-order valence-corrected chi connectivity index (χ0v) is 17.4. The Morgan fingerprint density at radius 2 is 1.71 bits per heavy atom. The van der Waals surface area contributed by atoms with Crippen LogP contribution >= 0.6 is 0 Å². The molecule has 1 rings (SSSR count). The number of rotatable bonds is 10. The number of hydrogen-bond donors (Lipinski definition) is 0. The summed E-state index contributed by atoms with van der Waals surface area (Å²) in [4.78, 5) is 38.6. The monoisotopic (exact) mass is 391 g/mol. The van der Waals surface area contributed by atoms with Gasteiger partial charge >= 0.3 is 6.09 Å². The van der Waals surface area contributed by atoms with E-state index in [4.69, 9.17) is 4.74 Å². The minimum Gasteiger partial charge on any atom is -0.546 e. The molecule has 0 radical (unpaired) electrons. The first kappa shape index (κ1) is 23.5. The van der Waals surface area contributed by atoms with E-state index in [0.717, 1.165) is 17.7 Å². The standard InChI is InChI=1S/C21H32N2O5/c1-6-17(19(24)22(3)4)23(5)21(27)28-18(20(25)26)14-15(2)12-13-16-10-8-7-9-11-16/h7-11,15,17-18H,6,12-14H2,1-5H3,(H,25,26)/p-1.